The fraction of sp³-hybridized carbons (Fsp3) is 0.500. The Kier molecular flexibility index (Phi) is 3.85. The molecule has 104 valence electrons. The molecule has 1 atom stereocenters. The van der Waals surface area contributed by atoms with Crippen LogP contribution in [0.4, 0.5) is 0 Å². The first-order valence-corrected chi connectivity index (χ1v) is 6.60. The van der Waals surface area contributed by atoms with Crippen molar-refractivity contribution in [3.05, 3.63) is 34.9 Å². The van der Waals surface area contributed by atoms with Crippen molar-refractivity contribution < 1.29 is 14.6 Å². The molecule has 0 saturated carbocycles. The first-order chi connectivity index (χ1) is 9.08. The molecule has 1 N–H and O–H groups in total. The third-order valence-corrected chi connectivity index (χ3v) is 4.19. The summed E-state index contributed by atoms with van der Waals surface area (Å²) in [7, 11) is 3.29. The molecule has 0 radical (unpaired) electrons. The average molecular weight is 262 g/mol. The van der Waals surface area contributed by atoms with Gasteiger partial charge in [-0.1, -0.05) is 17.7 Å². The number of allylic oxidation sites excluding steroid dienone is 1. The monoisotopic (exact) mass is 262 g/mol. The van der Waals surface area contributed by atoms with Gasteiger partial charge in [-0.25, -0.2) is 0 Å². The summed E-state index contributed by atoms with van der Waals surface area (Å²) in [6.45, 7) is 4.21. The van der Waals surface area contributed by atoms with Crippen LogP contribution in [0.3, 0.4) is 0 Å². The van der Waals surface area contributed by atoms with Crippen molar-refractivity contribution in [2.75, 3.05) is 20.8 Å². The van der Waals surface area contributed by atoms with Gasteiger partial charge in [0.25, 0.3) is 0 Å². The fourth-order valence-corrected chi connectivity index (χ4v) is 3.02. The molecule has 0 aliphatic heterocycles. The van der Waals surface area contributed by atoms with Crippen LogP contribution in [0.15, 0.2) is 23.8 Å². The lowest BCUT2D eigenvalue weighted by molar-refractivity contribution is 0.211. The number of ether oxygens (including phenoxy) is 2. The second-order valence-electron chi connectivity index (χ2n) is 5.21. The minimum absolute atomic E-state index is 0.0955. The van der Waals surface area contributed by atoms with Gasteiger partial charge in [0.1, 0.15) is 0 Å². The van der Waals surface area contributed by atoms with E-state index in [2.05, 4.69) is 19.1 Å². The summed E-state index contributed by atoms with van der Waals surface area (Å²) < 4.78 is 11.0. The second-order valence-corrected chi connectivity index (χ2v) is 5.21. The lowest BCUT2D eigenvalue weighted by atomic mass is 9.75. The van der Waals surface area contributed by atoms with Crippen LogP contribution >= 0.6 is 0 Å². The number of hydrogen-bond donors (Lipinski definition) is 1. The Balaban J connectivity index is 2.67. The summed E-state index contributed by atoms with van der Waals surface area (Å²) in [5.41, 5.74) is 3.02. The zero-order chi connectivity index (χ0) is 14.0. The van der Waals surface area contributed by atoms with Crippen molar-refractivity contribution in [2.24, 2.45) is 0 Å². The standard InChI is InChI=1S/C16H22O3/c1-11-8-13(15(19-4)14(9-11)18-3)16(10-17)7-5-6-12(16)2/h6,8-9,17H,5,7,10H2,1-4H3. The molecule has 2 rings (SSSR count). The van der Waals surface area contributed by atoms with Gasteiger partial charge in [-0.3, -0.25) is 0 Å². The van der Waals surface area contributed by atoms with Crippen LogP contribution in [0.5, 0.6) is 11.5 Å². The third kappa shape index (κ3) is 2.12. The van der Waals surface area contributed by atoms with Crippen LogP contribution < -0.4 is 9.47 Å². The van der Waals surface area contributed by atoms with Gasteiger partial charge in [0.05, 0.1) is 20.8 Å². The first kappa shape index (κ1) is 13.9. The van der Waals surface area contributed by atoms with E-state index in [9.17, 15) is 5.11 Å². The van der Waals surface area contributed by atoms with Crippen LogP contribution in [-0.4, -0.2) is 25.9 Å². The molecule has 3 nitrogen and oxygen atoms in total. The Bertz CT molecular complexity index is 505. The molecular formula is C16H22O3. The highest BCUT2D eigenvalue weighted by Crippen LogP contribution is 2.48. The largest absolute Gasteiger partial charge is 0.493 e. The highest BCUT2D eigenvalue weighted by Gasteiger charge is 2.39. The molecule has 1 aromatic rings. The molecule has 0 saturated heterocycles. The first-order valence-electron chi connectivity index (χ1n) is 6.60. The van der Waals surface area contributed by atoms with Crippen LogP contribution in [0.2, 0.25) is 0 Å². The number of rotatable bonds is 4. The van der Waals surface area contributed by atoms with Crippen molar-refractivity contribution >= 4 is 0 Å². The van der Waals surface area contributed by atoms with E-state index < -0.39 is 0 Å². The molecule has 19 heavy (non-hydrogen) atoms. The summed E-state index contributed by atoms with van der Waals surface area (Å²) in [6.07, 6.45) is 4.11. The Morgan fingerprint density at radius 2 is 1.95 bits per heavy atom. The van der Waals surface area contributed by atoms with E-state index in [1.807, 2.05) is 13.0 Å². The van der Waals surface area contributed by atoms with Gasteiger partial charge < -0.3 is 14.6 Å². The number of aliphatic hydroxyl groups excluding tert-OH is 1. The number of aryl methyl sites for hydroxylation is 1. The highest BCUT2D eigenvalue weighted by molar-refractivity contribution is 5.56. The molecular weight excluding hydrogens is 240 g/mol. The normalized spacial score (nSPS) is 22.3. The molecule has 0 amide bonds. The van der Waals surface area contributed by atoms with Crippen LogP contribution in [0.1, 0.15) is 30.9 Å². The van der Waals surface area contributed by atoms with E-state index in [4.69, 9.17) is 9.47 Å². The molecule has 3 heteroatoms. The molecule has 0 heterocycles. The Morgan fingerprint density at radius 1 is 1.21 bits per heavy atom. The number of methoxy groups -OCH3 is 2. The summed E-state index contributed by atoms with van der Waals surface area (Å²) in [5.74, 6) is 1.46. The molecule has 0 aromatic heterocycles. The number of hydrogen-bond acceptors (Lipinski definition) is 3. The Hall–Kier alpha value is -1.48. The van der Waals surface area contributed by atoms with Gasteiger partial charge in [-0.15, -0.1) is 0 Å². The van der Waals surface area contributed by atoms with E-state index in [1.165, 1.54) is 5.57 Å². The Morgan fingerprint density at radius 3 is 2.42 bits per heavy atom. The minimum Gasteiger partial charge on any atom is -0.493 e. The summed E-state index contributed by atoms with van der Waals surface area (Å²) in [5, 5.41) is 9.98. The van der Waals surface area contributed by atoms with Gasteiger partial charge in [0.15, 0.2) is 11.5 Å². The highest BCUT2D eigenvalue weighted by atomic mass is 16.5. The smallest absolute Gasteiger partial charge is 0.164 e. The predicted molar refractivity (Wildman–Crippen MR) is 76.0 cm³/mol. The van der Waals surface area contributed by atoms with E-state index in [1.54, 1.807) is 14.2 Å². The van der Waals surface area contributed by atoms with Crippen LogP contribution in [-0.2, 0) is 5.41 Å². The van der Waals surface area contributed by atoms with Gasteiger partial charge in [0, 0.05) is 11.0 Å². The van der Waals surface area contributed by atoms with Crippen molar-refractivity contribution in [2.45, 2.75) is 32.1 Å². The quantitative estimate of drug-likeness (QED) is 0.848. The maximum absolute atomic E-state index is 9.98. The van der Waals surface area contributed by atoms with Crippen LogP contribution in [0.25, 0.3) is 0 Å². The number of aliphatic hydroxyl groups is 1. The SMILES string of the molecule is COc1cc(C)cc(C2(CO)CCC=C2C)c1OC. The van der Waals surface area contributed by atoms with Gasteiger partial charge >= 0.3 is 0 Å². The van der Waals surface area contributed by atoms with Gasteiger partial charge in [-0.05, 0) is 38.3 Å². The Labute approximate surface area is 114 Å². The number of benzene rings is 1. The van der Waals surface area contributed by atoms with Crippen molar-refractivity contribution in [1.29, 1.82) is 0 Å². The predicted octanol–water partition coefficient (Wildman–Crippen LogP) is 2.98. The van der Waals surface area contributed by atoms with E-state index in [0.717, 1.165) is 35.5 Å². The minimum atomic E-state index is -0.329. The molecule has 1 aromatic carbocycles. The maximum Gasteiger partial charge on any atom is 0.164 e. The molecule has 0 fully saturated rings. The topological polar surface area (TPSA) is 38.7 Å². The van der Waals surface area contributed by atoms with Crippen LogP contribution in [0, 0.1) is 6.92 Å². The summed E-state index contributed by atoms with van der Waals surface area (Å²) in [6, 6.07) is 4.06. The fourth-order valence-electron chi connectivity index (χ4n) is 3.02. The van der Waals surface area contributed by atoms with Crippen molar-refractivity contribution in [1.82, 2.24) is 0 Å². The molecule has 1 unspecified atom stereocenters. The summed E-state index contributed by atoms with van der Waals surface area (Å²) in [4.78, 5) is 0. The van der Waals surface area contributed by atoms with Crippen molar-refractivity contribution in [3.63, 3.8) is 0 Å². The third-order valence-electron chi connectivity index (χ3n) is 4.19. The molecule has 0 spiro atoms. The van der Waals surface area contributed by atoms with Gasteiger partial charge in [-0.2, -0.15) is 0 Å². The zero-order valence-electron chi connectivity index (χ0n) is 12.1. The van der Waals surface area contributed by atoms with E-state index in [0.29, 0.717) is 0 Å². The zero-order valence-corrected chi connectivity index (χ0v) is 12.1. The van der Waals surface area contributed by atoms with Gasteiger partial charge in [0.2, 0.25) is 0 Å². The van der Waals surface area contributed by atoms with E-state index >= 15 is 0 Å². The molecule has 0 bridgehead atoms. The lowest BCUT2D eigenvalue weighted by Gasteiger charge is -2.32. The molecule has 1 aliphatic carbocycles. The van der Waals surface area contributed by atoms with Crippen molar-refractivity contribution in [3.8, 4) is 11.5 Å². The second kappa shape index (κ2) is 5.25. The maximum atomic E-state index is 9.98. The summed E-state index contributed by atoms with van der Waals surface area (Å²) >= 11 is 0. The lowest BCUT2D eigenvalue weighted by Crippen LogP contribution is -2.30. The molecule has 1 aliphatic rings. The van der Waals surface area contributed by atoms with E-state index in [-0.39, 0.29) is 12.0 Å². The average Bonchev–Trinajstić information content (AvgIpc) is 2.79.